The molecule has 6 heteroatoms. The molecule has 0 saturated heterocycles. The molecular formula is C13H12BrN3O2. The molecule has 0 saturated carbocycles. The number of anilines is 2. The Labute approximate surface area is 118 Å². The lowest BCUT2D eigenvalue weighted by atomic mass is 10.3. The number of nitrogens with zero attached hydrogens (tertiary/aromatic N) is 1. The normalized spacial score (nSPS) is 10.2. The van der Waals surface area contributed by atoms with Gasteiger partial charge >= 0.3 is 0 Å². The second-order valence-electron chi connectivity index (χ2n) is 3.99. The van der Waals surface area contributed by atoms with E-state index in [2.05, 4.69) is 21.2 Å². The zero-order chi connectivity index (χ0) is 13.8. The molecule has 0 fully saturated rings. The van der Waals surface area contributed by atoms with E-state index in [4.69, 9.17) is 5.73 Å². The van der Waals surface area contributed by atoms with E-state index >= 15 is 0 Å². The molecule has 1 heterocycles. The van der Waals surface area contributed by atoms with Crippen molar-refractivity contribution in [2.45, 2.75) is 6.54 Å². The van der Waals surface area contributed by atoms with Crippen molar-refractivity contribution in [3.63, 3.8) is 0 Å². The molecule has 3 N–H and O–H groups in total. The predicted molar refractivity (Wildman–Crippen MR) is 77.9 cm³/mol. The number of rotatable bonds is 3. The molecule has 5 nitrogen and oxygen atoms in total. The van der Waals surface area contributed by atoms with Gasteiger partial charge in [-0.05, 0) is 24.3 Å². The zero-order valence-electron chi connectivity index (χ0n) is 9.97. The van der Waals surface area contributed by atoms with Crippen LogP contribution in [0.3, 0.4) is 0 Å². The Bertz CT molecular complexity index is 650. The van der Waals surface area contributed by atoms with Crippen molar-refractivity contribution in [1.29, 1.82) is 0 Å². The van der Waals surface area contributed by atoms with Crippen LogP contribution in [0.4, 0.5) is 11.4 Å². The molecule has 0 radical (unpaired) electrons. The topological polar surface area (TPSA) is 77.1 Å². The number of hydrogen-bond donors (Lipinski definition) is 2. The van der Waals surface area contributed by atoms with Crippen LogP contribution >= 0.6 is 15.9 Å². The molecule has 2 rings (SSSR count). The molecule has 0 aliphatic carbocycles. The number of benzene rings is 1. The summed E-state index contributed by atoms with van der Waals surface area (Å²) < 4.78 is 2.50. The highest BCUT2D eigenvalue weighted by Gasteiger charge is 2.04. The quantitative estimate of drug-likeness (QED) is 0.905. The van der Waals surface area contributed by atoms with Crippen LogP contribution in [0.1, 0.15) is 0 Å². The lowest BCUT2D eigenvalue weighted by Gasteiger charge is -2.08. The Morgan fingerprint density at radius 1 is 1.26 bits per heavy atom. The van der Waals surface area contributed by atoms with Crippen LogP contribution in [0.5, 0.6) is 0 Å². The van der Waals surface area contributed by atoms with Crippen molar-refractivity contribution < 1.29 is 4.79 Å². The number of carbonyl (C=O) groups excluding carboxylic acids is 1. The third kappa shape index (κ3) is 3.69. The standard InChI is InChI=1S/C13H12BrN3O2/c14-9-1-3-10(4-2-9)16-13(19)8-17-6-5-12(18)11(15)7-17/h1-7H,8,15H2,(H,16,19). The molecule has 2 aromatic rings. The summed E-state index contributed by atoms with van der Waals surface area (Å²) >= 11 is 3.32. The fourth-order valence-electron chi connectivity index (χ4n) is 1.54. The first-order valence-corrected chi connectivity index (χ1v) is 6.35. The van der Waals surface area contributed by atoms with E-state index in [1.54, 1.807) is 16.7 Å². The van der Waals surface area contributed by atoms with Crippen LogP contribution in [-0.2, 0) is 11.3 Å². The number of aromatic nitrogens is 1. The summed E-state index contributed by atoms with van der Waals surface area (Å²) in [4.78, 5) is 22.9. The average Bonchev–Trinajstić information content (AvgIpc) is 2.37. The molecule has 0 bridgehead atoms. The van der Waals surface area contributed by atoms with Gasteiger partial charge in [-0.3, -0.25) is 9.59 Å². The van der Waals surface area contributed by atoms with Gasteiger partial charge in [-0.25, -0.2) is 0 Å². The molecular weight excluding hydrogens is 310 g/mol. The van der Waals surface area contributed by atoms with E-state index in [9.17, 15) is 9.59 Å². The van der Waals surface area contributed by atoms with Gasteiger partial charge in [0.1, 0.15) is 6.54 Å². The predicted octanol–water partition coefficient (Wildman–Crippen LogP) is 1.83. The van der Waals surface area contributed by atoms with Crippen LogP contribution < -0.4 is 16.5 Å². The van der Waals surface area contributed by atoms with Gasteiger partial charge in [0.2, 0.25) is 11.3 Å². The molecule has 0 spiro atoms. The van der Waals surface area contributed by atoms with Gasteiger partial charge in [0.25, 0.3) is 0 Å². The minimum absolute atomic E-state index is 0.0978. The Hall–Kier alpha value is -2.08. The molecule has 1 amide bonds. The van der Waals surface area contributed by atoms with Crippen molar-refractivity contribution in [3.8, 4) is 0 Å². The Balaban J connectivity index is 2.03. The number of nitrogens with two attached hydrogens (primary N) is 1. The Morgan fingerprint density at radius 2 is 1.95 bits per heavy atom. The van der Waals surface area contributed by atoms with E-state index in [1.807, 2.05) is 12.1 Å². The maximum absolute atomic E-state index is 11.8. The summed E-state index contributed by atoms with van der Waals surface area (Å²) in [5, 5.41) is 2.75. The summed E-state index contributed by atoms with van der Waals surface area (Å²) in [7, 11) is 0. The molecule has 0 aliphatic rings. The number of halogens is 1. The first kappa shape index (κ1) is 13.4. The molecule has 19 heavy (non-hydrogen) atoms. The van der Waals surface area contributed by atoms with Crippen molar-refractivity contribution in [2.24, 2.45) is 0 Å². The average molecular weight is 322 g/mol. The monoisotopic (exact) mass is 321 g/mol. The highest BCUT2D eigenvalue weighted by molar-refractivity contribution is 9.10. The lowest BCUT2D eigenvalue weighted by molar-refractivity contribution is -0.116. The molecule has 98 valence electrons. The molecule has 0 aliphatic heterocycles. The maximum atomic E-state index is 11.8. The largest absolute Gasteiger partial charge is 0.394 e. The third-order valence-corrected chi connectivity index (χ3v) is 2.99. The van der Waals surface area contributed by atoms with Gasteiger partial charge in [0.15, 0.2) is 0 Å². The van der Waals surface area contributed by atoms with E-state index < -0.39 is 0 Å². The van der Waals surface area contributed by atoms with Crippen LogP contribution in [-0.4, -0.2) is 10.5 Å². The van der Waals surface area contributed by atoms with Gasteiger partial charge in [0.05, 0.1) is 5.69 Å². The highest BCUT2D eigenvalue weighted by Crippen LogP contribution is 2.14. The second-order valence-corrected chi connectivity index (χ2v) is 4.91. The van der Waals surface area contributed by atoms with Crippen molar-refractivity contribution in [1.82, 2.24) is 4.57 Å². The van der Waals surface area contributed by atoms with Crippen molar-refractivity contribution in [2.75, 3.05) is 11.1 Å². The van der Waals surface area contributed by atoms with E-state index in [0.29, 0.717) is 5.69 Å². The summed E-state index contributed by atoms with van der Waals surface area (Å²) in [6.07, 6.45) is 2.98. The smallest absolute Gasteiger partial charge is 0.244 e. The SMILES string of the molecule is Nc1cn(CC(=O)Nc2ccc(Br)cc2)ccc1=O. The fourth-order valence-corrected chi connectivity index (χ4v) is 1.81. The maximum Gasteiger partial charge on any atom is 0.244 e. The summed E-state index contributed by atoms with van der Waals surface area (Å²) in [5.41, 5.74) is 6.08. The van der Waals surface area contributed by atoms with Crippen molar-refractivity contribution >= 4 is 33.2 Å². The number of nitrogen functional groups attached to an aromatic ring is 1. The number of amides is 1. The molecule has 1 aromatic heterocycles. The highest BCUT2D eigenvalue weighted by atomic mass is 79.9. The first-order valence-electron chi connectivity index (χ1n) is 5.55. The third-order valence-electron chi connectivity index (χ3n) is 2.46. The first-order chi connectivity index (χ1) is 9.04. The van der Waals surface area contributed by atoms with Gasteiger partial charge in [0, 0.05) is 28.6 Å². The van der Waals surface area contributed by atoms with Crippen LogP contribution in [0.2, 0.25) is 0 Å². The van der Waals surface area contributed by atoms with Gasteiger partial charge in [-0.15, -0.1) is 0 Å². The number of pyridine rings is 1. The Morgan fingerprint density at radius 3 is 2.58 bits per heavy atom. The Kier molecular flexibility index (Phi) is 4.01. The van der Waals surface area contributed by atoms with E-state index in [1.165, 1.54) is 18.5 Å². The van der Waals surface area contributed by atoms with E-state index in [0.717, 1.165) is 4.47 Å². The number of nitrogens with one attached hydrogen (secondary N) is 1. The van der Waals surface area contributed by atoms with Gasteiger partial charge in [-0.2, -0.15) is 0 Å². The van der Waals surface area contributed by atoms with E-state index in [-0.39, 0.29) is 23.6 Å². The summed E-state index contributed by atoms with van der Waals surface area (Å²) in [6.45, 7) is 0.0978. The van der Waals surface area contributed by atoms with Crippen LogP contribution in [0, 0.1) is 0 Å². The van der Waals surface area contributed by atoms with Crippen LogP contribution in [0.25, 0.3) is 0 Å². The second kappa shape index (κ2) is 5.71. The van der Waals surface area contributed by atoms with Crippen LogP contribution in [0.15, 0.2) is 52.0 Å². The van der Waals surface area contributed by atoms with Gasteiger partial charge < -0.3 is 15.6 Å². The zero-order valence-corrected chi connectivity index (χ0v) is 11.6. The number of hydrogen-bond acceptors (Lipinski definition) is 3. The minimum atomic E-state index is -0.246. The summed E-state index contributed by atoms with van der Waals surface area (Å²) in [6, 6.07) is 8.60. The summed E-state index contributed by atoms with van der Waals surface area (Å²) in [5.74, 6) is -0.189. The van der Waals surface area contributed by atoms with Crippen molar-refractivity contribution in [3.05, 3.63) is 57.4 Å². The lowest BCUT2D eigenvalue weighted by Crippen LogP contribution is -2.20. The minimum Gasteiger partial charge on any atom is -0.394 e. The molecule has 0 atom stereocenters. The molecule has 0 unspecified atom stereocenters. The fraction of sp³-hybridized carbons (Fsp3) is 0.0769. The number of carbonyl (C=O) groups is 1. The molecule has 1 aromatic carbocycles. The van der Waals surface area contributed by atoms with Gasteiger partial charge in [-0.1, -0.05) is 15.9 Å².